The Morgan fingerprint density at radius 2 is 1.58 bits per heavy atom. The first-order chi connectivity index (χ1) is 12.6. The van der Waals surface area contributed by atoms with Gasteiger partial charge in [0.05, 0.1) is 11.1 Å². The first-order valence-corrected chi connectivity index (χ1v) is 8.98. The molecule has 0 bridgehead atoms. The van der Waals surface area contributed by atoms with Crippen molar-refractivity contribution in [2.75, 3.05) is 19.6 Å². The number of carbonyl (C=O) groups is 3. The fourth-order valence-corrected chi connectivity index (χ4v) is 3.62. The molecule has 2 aromatic rings. The molecule has 0 spiro atoms. The molecule has 0 atom stereocenters. The number of carbonyl (C=O) groups excluding carboxylic acids is 3. The summed E-state index contributed by atoms with van der Waals surface area (Å²) in [6.07, 6.45) is 2.65. The Bertz CT molecular complexity index is 870. The smallest absolute Gasteiger partial charge is 0.261 e. The molecule has 3 amide bonds. The number of amides is 3. The maximum Gasteiger partial charge on any atom is 0.261 e. The Hall–Kier alpha value is -2.95. The van der Waals surface area contributed by atoms with E-state index in [2.05, 4.69) is 0 Å². The highest BCUT2D eigenvalue weighted by Gasteiger charge is 2.36. The topological polar surface area (TPSA) is 57.7 Å². The molecule has 4 rings (SSSR count). The molecule has 2 aliphatic rings. The summed E-state index contributed by atoms with van der Waals surface area (Å²) in [6, 6.07) is 14.6. The standard InChI is InChI=1S/C21H20N2O3/c24-19(22-11-4-5-12-22)16-8-9-17-18(14-16)21(26)23(20(17)25)13-10-15-6-2-1-3-7-15/h1-3,6-9,14H,4-5,10-13H2. The first kappa shape index (κ1) is 16.5. The third-order valence-electron chi connectivity index (χ3n) is 5.08. The van der Waals surface area contributed by atoms with Gasteiger partial charge in [-0.15, -0.1) is 0 Å². The zero-order valence-electron chi connectivity index (χ0n) is 14.5. The van der Waals surface area contributed by atoms with Crippen molar-refractivity contribution < 1.29 is 14.4 Å². The van der Waals surface area contributed by atoms with Crippen molar-refractivity contribution in [3.8, 4) is 0 Å². The van der Waals surface area contributed by atoms with Gasteiger partial charge < -0.3 is 4.90 Å². The summed E-state index contributed by atoms with van der Waals surface area (Å²) in [5.74, 6) is -0.647. The maximum absolute atomic E-state index is 12.7. The van der Waals surface area contributed by atoms with Crippen molar-refractivity contribution in [2.45, 2.75) is 19.3 Å². The number of imide groups is 1. The number of hydrogen-bond acceptors (Lipinski definition) is 3. The van der Waals surface area contributed by atoms with Crippen LogP contribution < -0.4 is 0 Å². The number of hydrogen-bond donors (Lipinski definition) is 0. The minimum Gasteiger partial charge on any atom is -0.339 e. The molecule has 1 saturated heterocycles. The minimum absolute atomic E-state index is 0.0618. The normalized spacial score (nSPS) is 16.3. The molecule has 0 radical (unpaired) electrons. The minimum atomic E-state index is -0.308. The van der Waals surface area contributed by atoms with Gasteiger partial charge >= 0.3 is 0 Å². The van der Waals surface area contributed by atoms with Gasteiger partial charge in [-0.05, 0) is 43.0 Å². The molecular formula is C21H20N2O3. The molecule has 0 aromatic heterocycles. The van der Waals surface area contributed by atoms with E-state index in [1.165, 1.54) is 4.90 Å². The van der Waals surface area contributed by atoms with E-state index >= 15 is 0 Å². The molecule has 5 nitrogen and oxygen atoms in total. The lowest BCUT2D eigenvalue weighted by Crippen LogP contribution is -2.31. The van der Waals surface area contributed by atoms with Crippen LogP contribution in [0.3, 0.4) is 0 Å². The van der Waals surface area contributed by atoms with Crippen LogP contribution in [0.5, 0.6) is 0 Å². The van der Waals surface area contributed by atoms with Gasteiger partial charge in [0.25, 0.3) is 17.7 Å². The maximum atomic E-state index is 12.7. The molecule has 0 aliphatic carbocycles. The van der Waals surface area contributed by atoms with Gasteiger partial charge in [-0.1, -0.05) is 30.3 Å². The van der Waals surface area contributed by atoms with Gasteiger partial charge in [0, 0.05) is 25.2 Å². The molecule has 0 unspecified atom stereocenters. The predicted molar refractivity (Wildman–Crippen MR) is 97.1 cm³/mol. The van der Waals surface area contributed by atoms with Crippen molar-refractivity contribution in [1.82, 2.24) is 9.80 Å². The van der Waals surface area contributed by atoms with Crippen LogP contribution in [0.4, 0.5) is 0 Å². The van der Waals surface area contributed by atoms with Crippen LogP contribution in [0.15, 0.2) is 48.5 Å². The Morgan fingerprint density at radius 1 is 0.885 bits per heavy atom. The predicted octanol–water partition coefficient (Wildman–Crippen LogP) is 2.76. The molecule has 0 saturated carbocycles. The fourth-order valence-electron chi connectivity index (χ4n) is 3.62. The molecular weight excluding hydrogens is 328 g/mol. The van der Waals surface area contributed by atoms with Crippen molar-refractivity contribution >= 4 is 17.7 Å². The quantitative estimate of drug-likeness (QED) is 0.799. The highest BCUT2D eigenvalue weighted by atomic mass is 16.2. The van der Waals surface area contributed by atoms with E-state index in [-0.39, 0.29) is 17.7 Å². The molecule has 1 fully saturated rings. The number of likely N-dealkylation sites (tertiary alicyclic amines) is 1. The second-order valence-corrected chi connectivity index (χ2v) is 6.76. The van der Waals surface area contributed by atoms with Gasteiger partial charge in [0.15, 0.2) is 0 Å². The van der Waals surface area contributed by atoms with E-state index < -0.39 is 0 Å². The van der Waals surface area contributed by atoms with Gasteiger partial charge in [-0.2, -0.15) is 0 Å². The van der Waals surface area contributed by atoms with E-state index in [1.807, 2.05) is 30.3 Å². The SMILES string of the molecule is O=C(c1ccc2c(c1)C(=O)N(CCc1ccccc1)C2=O)N1CCCC1. The first-order valence-electron chi connectivity index (χ1n) is 8.98. The van der Waals surface area contributed by atoms with Crippen molar-refractivity contribution in [3.05, 3.63) is 70.8 Å². The van der Waals surface area contributed by atoms with Gasteiger partial charge in [-0.3, -0.25) is 19.3 Å². The van der Waals surface area contributed by atoms with Crippen molar-refractivity contribution in [3.63, 3.8) is 0 Å². The van der Waals surface area contributed by atoms with Crippen molar-refractivity contribution in [2.24, 2.45) is 0 Å². The monoisotopic (exact) mass is 348 g/mol. The van der Waals surface area contributed by atoms with Crippen LogP contribution in [0.1, 0.15) is 49.5 Å². The Morgan fingerprint density at radius 3 is 2.31 bits per heavy atom. The zero-order valence-corrected chi connectivity index (χ0v) is 14.5. The Balaban J connectivity index is 1.53. The third-order valence-corrected chi connectivity index (χ3v) is 5.08. The van der Waals surface area contributed by atoms with E-state index in [9.17, 15) is 14.4 Å². The lowest BCUT2D eigenvalue weighted by Gasteiger charge is -2.15. The summed E-state index contributed by atoms with van der Waals surface area (Å²) in [5.41, 5.74) is 2.29. The highest BCUT2D eigenvalue weighted by molar-refractivity contribution is 6.22. The average molecular weight is 348 g/mol. The van der Waals surface area contributed by atoms with Crippen molar-refractivity contribution in [1.29, 1.82) is 0 Å². The Labute approximate surface area is 152 Å². The van der Waals surface area contributed by atoms with E-state index in [4.69, 9.17) is 0 Å². The molecule has 0 N–H and O–H groups in total. The number of benzene rings is 2. The number of rotatable bonds is 4. The van der Waals surface area contributed by atoms with Crippen LogP contribution in [0.25, 0.3) is 0 Å². The molecule has 2 aliphatic heterocycles. The molecule has 2 aromatic carbocycles. The lowest BCUT2D eigenvalue weighted by atomic mass is 10.0. The van der Waals surface area contributed by atoms with Crippen LogP contribution in [0, 0.1) is 0 Å². The average Bonchev–Trinajstić information content (AvgIpc) is 3.29. The van der Waals surface area contributed by atoms with E-state index in [0.717, 1.165) is 31.5 Å². The van der Waals surface area contributed by atoms with E-state index in [0.29, 0.717) is 29.7 Å². The summed E-state index contributed by atoms with van der Waals surface area (Å²) >= 11 is 0. The van der Waals surface area contributed by atoms with Crippen LogP contribution in [0.2, 0.25) is 0 Å². The second kappa shape index (κ2) is 6.75. The number of fused-ring (bicyclic) bond motifs is 1. The summed E-state index contributed by atoms with van der Waals surface area (Å²) in [5, 5.41) is 0. The van der Waals surface area contributed by atoms with Crippen LogP contribution in [-0.4, -0.2) is 47.2 Å². The Kier molecular flexibility index (Phi) is 4.29. The zero-order chi connectivity index (χ0) is 18.1. The molecule has 5 heteroatoms. The van der Waals surface area contributed by atoms with E-state index in [1.54, 1.807) is 23.1 Å². The van der Waals surface area contributed by atoms with Gasteiger partial charge in [0.1, 0.15) is 0 Å². The lowest BCUT2D eigenvalue weighted by molar-refractivity contribution is 0.0655. The molecule has 26 heavy (non-hydrogen) atoms. The third kappa shape index (κ3) is 2.90. The summed E-state index contributed by atoms with van der Waals surface area (Å²) in [6.45, 7) is 1.85. The molecule has 132 valence electrons. The van der Waals surface area contributed by atoms with Gasteiger partial charge in [-0.25, -0.2) is 0 Å². The summed E-state index contributed by atoms with van der Waals surface area (Å²) in [4.78, 5) is 40.9. The molecule has 2 heterocycles. The largest absolute Gasteiger partial charge is 0.339 e. The fraction of sp³-hybridized carbons (Fsp3) is 0.286. The van der Waals surface area contributed by atoms with Crippen LogP contribution >= 0.6 is 0 Å². The van der Waals surface area contributed by atoms with Crippen LogP contribution in [-0.2, 0) is 6.42 Å². The summed E-state index contributed by atoms with van der Waals surface area (Å²) < 4.78 is 0. The number of nitrogens with zero attached hydrogens (tertiary/aromatic N) is 2. The second-order valence-electron chi connectivity index (χ2n) is 6.76. The summed E-state index contributed by atoms with van der Waals surface area (Å²) in [7, 11) is 0. The highest BCUT2D eigenvalue weighted by Crippen LogP contribution is 2.25. The van der Waals surface area contributed by atoms with Gasteiger partial charge in [0.2, 0.25) is 0 Å².